The van der Waals surface area contributed by atoms with Gasteiger partial charge in [0.1, 0.15) is 5.56 Å². The molecule has 1 rings (SSSR count). The predicted octanol–water partition coefficient (Wildman–Crippen LogP) is 1.36. The van der Waals surface area contributed by atoms with E-state index < -0.39 is 34.1 Å². The maximum Gasteiger partial charge on any atom is 0.359 e. The van der Waals surface area contributed by atoms with Crippen molar-refractivity contribution in [2.24, 2.45) is 0 Å². The van der Waals surface area contributed by atoms with Gasteiger partial charge >= 0.3 is 11.4 Å². The molecule has 1 aromatic heterocycles. The second-order valence-corrected chi connectivity index (χ2v) is 2.31. The summed E-state index contributed by atoms with van der Waals surface area (Å²) in [5, 5.41) is 10.1. The first kappa shape index (κ1) is 10.2. The molecule has 5 nitrogen and oxygen atoms in total. The first-order chi connectivity index (χ1) is 6.43. The van der Waals surface area contributed by atoms with Crippen molar-refractivity contribution in [1.29, 1.82) is 0 Å². The molecule has 0 saturated heterocycles. The number of alkyl halides is 2. The number of hydrogen-bond donors (Lipinski definition) is 1. The van der Waals surface area contributed by atoms with Gasteiger partial charge in [-0.2, -0.15) is 4.39 Å². The minimum atomic E-state index is -3.17. The monoisotopic (exact) mass is 208 g/mol. The Morgan fingerprint density at radius 1 is 1.50 bits per heavy atom. The molecule has 0 aliphatic heterocycles. The summed E-state index contributed by atoms with van der Waals surface area (Å²) in [5.74, 6) is -2.72. The fourth-order valence-corrected chi connectivity index (χ4v) is 0.805. The molecule has 0 spiro atoms. The molecule has 0 saturated carbocycles. The van der Waals surface area contributed by atoms with Gasteiger partial charge in [0.2, 0.25) is 5.82 Å². The van der Waals surface area contributed by atoms with Crippen molar-refractivity contribution in [2.75, 3.05) is 0 Å². The Morgan fingerprint density at radius 3 is 2.50 bits per heavy atom. The van der Waals surface area contributed by atoms with Crippen LogP contribution in [0.5, 0.6) is 0 Å². The molecule has 0 radical (unpaired) electrons. The second kappa shape index (κ2) is 3.48. The summed E-state index contributed by atoms with van der Waals surface area (Å²) in [5.41, 5.74) is -2.50. The summed E-state index contributed by atoms with van der Waals surface area (Å²) in [4.78, 5) is 21.0. The molecule has 0 aromatic carbocycles. The molecule has 8 heteroatoms. The summed E-state index contributed by atoms with van der Waals surface area (Å²) in [6.07, 6.45) is -3.17. The lowest BCUT2D eigenvalue weighted by Crippen LogP contribution is -2.16. The summed E-state index contributed by atoms with van der Waals surface area (Å²) in [7, 11) is 0. The highest BCUT2D eigenvalue weighted by molar-refractivity contribution is 5.26. The molecule has 0 atom stereocenters. The molecular weight excluding hydrogens is 205 g/mol. The van der Waals surface area contributed by atoms with Crippen molar-refractivity contribution in [3.8, 4) is 0 Å². The van der Waals surface area contributed by atoms with Gasteiger partial charge in [-0.25, -0.2) is 18.6 Å². The lowest BCUT2D eigenvalue weighted by molar-refractivity contribution is -0.392. The molecule has 0 aliphatic rings. The standard InChI is InChI=1S/C6H3F3N2O3/c7-3-1-2(4(8)9)6(12)10-5(3)11(13)14/h1,4H,(H,10,12). The number of H-pyrrole nitrogens is 1. The molecule has 0 bridgehead atoms. The zero-order valence-electron chi connectivity index (χ0n) is 6.46. The number of rotatable bonds is 2. The Bertz CT molecular complexity index is 429. The fourth-order valence-electron chi connectivity index (χ4n) is 0.805. The highest BCUT2D eigenvalue weighted by Gasteiger charge is 2.21. The number of nitrogens with zero attached hydrogens (tertiary/aromatic N) is 1. The van der Waals surface area contributed by atoms with E-state index in [1.54, 1.807) is 0 Å². The van der Waals surface area contributed by atoms with E-state index in [1.165, 1.54) is 4.98 Å². The maximum atomic E-state index is 12.7. The van der Waals surface area contributed by atoms with Gasteiger partial charge in [-0.15, -0.1) is 0 Å². The number of hydrogen-bond acceptors (Lipinski definition) is 3. The van der Waals surface area contributed by atoms with Gasteiger partial charge < -0.3 is 10.1 Å². The van der Waals surface area contributed by atoms with Gasteiger partial charge in [0.15, 0.2) is 0 Å². The third kappa shape index (κ3) is 1.73. The molecule has 76 valence electrons. The van der Waals surface area contributed by atoms with E-state index in [-0.39, 0.29) is 6.07 Å². The molecule has 1 heterocycles. The molecule has 14 heavy (non-hydrogen) atoms. The summed E-state index contributed by atoms with van der Waals surface area (Å²) >= 11 is 0. The van der Waals surface area contributed by atoms with Gasteiger partial charge in [0.05, 0.1) is 0 Å². The average Bonchev–Trinajstić information content (AvgIpc) is 2.07. The van der Waals surface area contributed by atoms with Crippen LogP contribution in [0.4, 0.5) is 19.0 Å². The lowest BCUT2D eigenvalue weighted by atomic mass is 10.3. The Morgan fingerprint density at radius 2 is 2.07 bits per heavy atom. The van der Waals surface area contributed by atoms with E-state index in [9.17, 15) is 28.1 Å². The molecule has 0 fully saturated rings. The molecule has 1 N–H and O–H groups in total. The zero-order chi connectivity index (χ0) is 10.9. The highest BCUT2D eigenvalue weighted by atomic mass is 19.3. The van der Waals surface area contributed by atoms with Gasteiger partial charge in [0, 0.05) is 0 Å². The van der Waals surface area contributed by atoms with Crippen molar-refractivity contribution in [1.82, 2.24) is 4.98 Å². The zero-order valence-corrected chi connectivity index (χ0v) is 6.46. The van der Waals surface area contributed by atoms with Crippen LogP contribution in [-0.2, 0) is 0 Å². The van der Waals surface area contributed by atoms with E-state index in [0.717, 1.165) is 0 Å². The van der Waals surface area contributed by atoms with Crippen LogP contribution in [0.15, 0.2) is 10.9 Å². The van der Waals surface area contributed by atoms with Crippen LogP contribution in [-0.4, -0.2) is 9.91 Å². The van der Waals surface area contributed by atoms with E-state index in [4.69, 9.17) is 0 Å². The van der Waals surface area contributed by atoms with Crippen LogP contribution in [0.25, 0.3) is 0 Å². The van der Waals surface area contributed by atoms with Gasteiger partial charge in [-0.1, -0.05) is 0 Å². The summed E-state index contributed by atoms with van der Waals surface area (Å²) in [6.45, 7) is 0. The van der Waals surface area contributed by atoms with Gasteiger partial charge in [-0.3, -0.25) is 0 Å². The van der Waals surface area contributed by atoms with Crippen molar-refractivity contribution < 1.29 is 18.1 Å². The predicted molar refractivity (Wildman–Crippen MR) is 38.6 cm³/mol. The Labute approximate surface area is 74.3 Å². The smallest absolute Gasteiger partial charge is 0.358 e. The number of nitrogens with one attached hydrogen (secondary N) is 1. The number of nitro groups is 1. The second-order valence-electron chi connectivity index (χ2n) is 2.31. The van der Waals surface area contributed by atoms with Crippen molar-refractivity contribution >= 4 is 5.82 Å². The summed E-state index contributed by atoms with van der Waals surface area (Å²) < 4.78 is 36.7. The quantitative estimate of drug-likeness (QED) is 0.588. The average molecular weight is 208 g/mol. The van der Waals surface area contributed by atoms with Crippen LogP contribution in [0.3, 0.4) is 0 Å². The van der Waals surface area contributed by atoms with E-state index >= 15 is 0 Å². The van der Waals surface area contributed by atoms with Crippen molar-refractivity contribution in [2.45, 2.75) is 6.43 Å². The molecule has 0 amide bonds. The normalized spacial score (nSPS) is 10.6. The van der Waals surface area contributed by atoms with Crippen molar-refractivity contribution in [3.05, 3.63) is 37.9 Å². The number of halogens is 3. The molecule has 0 unspecified atom stereocenters. The Hall–Kier alpha value is -1.86. The highest BCUT2D eigenvalue weighted by Crippen LogP contribution is 2.18. The van der Waals surface area contributed by atoms with E-state index in [1.807, 2.05) is 0 Å². The van der Waals surface area contributed by atoms with Crippen molar-refractivity contribution in [3.63, 3.8) is 0 Å². The molecule has 0 aliphatic carbocycles. The van der Waals surface area contributed by atoms with Gasteiger partial charge in [-0.05, 0) is 11.0 Å². The van der Waals surface area contributed by atoms with Crippen LogP contribution in [0.1, 0.15) is 12.0 Å². The third-order valence-electron chi connectivity index (χ3n) is 1.42. The first-order valence-electron chi connectivity index (χ1n) is 3.28. The number of pyridine rings is 1. The maximum absolute atomic E-state index is 12.7. The van der Waals surface area contributed by atoms with Crippen LogP contribution in [0.2, 0.25) is 0 Å². The fraction of sp³-hybridized carbons (Fsp3) is 0.167. The number of aromatic nitrogens is 1. The van der Waals surface area contributed by atoms with E-state index in [2.05, 4.69) is 0 Å². The minimum absolute atomic E-state index is 0.154. The Balaban J connectivity index is 3.39. The van der Waals surface area contributed by atoms with Crippen LogP contribution >= 0.6 is 0 Å². The van der Waals surface area contributed by atoms with Crippen LogP contribution < -0.4 is 5.56 Å². The Kier molecular flexibility index (Phi) is 2.54. The lowest BCUT2D eigenvalue weighted by Gasteiger charge is -1.98. The first-order valence-corrected chi connectivity index (χ1v) is 3.28. The summed E-state index contributed by atoms with van der Waals surface area (Å²) in [6, 6.07) is 0.154. The third-order valence-corrected chi connectivity index (χ3v) is 1.42. The molecular formula is C6H3F3N2O3. The number of aromatic amines is 1. The van der Waals surface area contributed by atoms with Gasteiger partial charge in [0.25, 0.3) is 6.43 Å². The SMILES string of the molecule is O=c1[nH]c([N+](=O)[O-])c(F)cc1C(F)F. The molecule has 1 aromatic rings. The topological polar surface area (TPSA) is 76.0 Å². The van der Waals surface area contributed by atoms with E-state index in [0.29, 0.717) is 0 Å². The largest absolute Gasteiger partial charge is 0.359 e. The minimum Gasteiger partial charge on any atom is -0.358 e. The van der Waals surface area contributed by atoms with Crippen LogP contribution in [0, 0.1) is 15.9 Å².